The summed E-state index contributed by atoms with van der Waals surface area (Å²) < 4.78 is 15.5. The van der Waals surface area contributed by atoms with Crippen LogP contribution in [-0.2, 0) is 6.54 Å². The number of halogens is 1. The van der Waals surface area contributed by atoms with Gasteiger partial charge in [-0.15, -0.1) is 0 Å². The van der Waals surface area contributed by atoms with Crippen molar-refractivity contribution in [2.24, 2.45) is 0 Å². The lowest BCUT2D eigenvalue weighted by Crippen LogP contribution is -2.30. The van der Waals surface area contributed by atoms with Crippen molar-refractivity contribution < 1.29 is 14.0 Å². The Balaban J connectivity index is 1.83. The first-order valence-corrected chi connectivity index (χ1v) is 8.40. The van der Waals surface area contributed by atoms with Crippen LogP contribution in [-0.4, -0.2) is 35.3 Å². The van der Waals surface area contributed by atoms with E-state index in [9.17, 15) is 14.0 Å². The van der Waals surface area contributed by atoms with Gasteiger partial charge in [-0.2, -0.15) is 5.10 Å². The molecular weight excluding hydrogens is 337 g/mol. The molecule has 0 fully saturated rings. The third kappa shape index (κ3) is 4.59. The normalized spacial score (nSPS) is 10.5. The highest BCUT2D eigenvalue weighted by molar-refractivity contribution is 5.96. The topological polar surface area (TPSA) is 88.0 Å². The molecule has 0 bridgehead atoms. The molecule has 0 unspecified atom stereocenters. The Hall–Kier alpha value is -2.90. The average Bonchev–Trinajstić information content (AvgIpc) is 2.86. The number of aromatic nitrogens is 2. The van der Waals surface area contributed by atoms with E-state index in [0.717, 1.165) is 23.9 Å². The van der Waals surface area contributed by atoms with Crippen molar-refractivity contribution >= 4 is 17.6 Å². The zero-order chi connectivity index (χ0) is 19.3. The van der Waals surface area contributed by atoms with Crippen LogP contribution >= 0.6 is 0 Å². The monoisotopic (exact) mass is 361 g/mol. The summed E-state index contributed by atoms with van der Waals surface area (Å²) in [5.74, 6) is -1.19. The molecule has 0 saturated heterocycles. The summed E-state index contributed by atoms with van der Waals surface area (Å²) >= 11 is 0. The number of anilines is 1. The van der Waals surface area contributed by atoms with E-state index < -0.39 is 17.8 Å². The second kappa shape index (κ2) is 8.46. The van der Waals surface area contributed by atoms with Crippen LogP contribution in [0.4, 0.5) is 14.9 Å². The number of aryl methyl sites for hydroxylation is 2. The second-order valence-corrected chi connectivity index (χ2v) is 6.03. The van der Waals surface area contributed by atoms with Gasteiger partial charge in [-0.05, 0) is 51.0 Å². The number of hydrogen-bond acceptors (Lipinski definition) is 3. The summed E-state index contributed by atoms with van der Waals surface area (Å²) in [6.07, 6.45) is 0.724. The highest BCUT2D eigenvalue weighted by Gasteiger charge is 2.12. The van der Waals surface area contributed by atoms with E-state index in [1.165, 1.54) is 24.7 Å². The Morgan fingerprint density at radius 1 is 1.23 bits per heavy atom. The summed E-state index contributed by atoms with van der Waals surface area (Å²) in [7, 11) is 1.42. The van der Waals surface area contributed by atoms with Gasteiger partial charge in [0.15, 0.2) is 0 Å². The first kappa shape index (κ1) is 19.4. The molecule has 0 spiro atoms. The predicted octanol–water partition coefficient (Wildman–Crippen LogP) is 2.52. The van der Waals surface area contributed by atoms with Crippen molar-refractivity contribution in [2.75, 3.05) is 18.9 Å². The molecule has 140 valence electrons. The summed E-state index contributed by atoms with van der Waals surface area (Å²) in [5, 5.41) is 12.1. The molecule has 0 aliphatic carbocycles. The molecular formula is C18H24FN5O2. The van der Waals surface area contributed by atoms with Crippen LogP contribution in [0.1, 0.15) is 33.7 Å². The van der Waals surface area contributed by atoms with Crippen molar-refractivity contribution in [3.05, 3.63) is 46.5 Å². The second-order valence-electron chi connectivity index (χ2n) is 6.03. The Kier molecular flexibility index (Phi) is 6.32. The minimum atomic E-state index is -0.643. The first-order valence-electron chi connectivity index (χ1n) is 8.40. The third-order valence-corrected chi connectivity index (χ3v) is 4.27. The number of carbonyl (C=O) groups excluding carboxylic acids is 2. The molecule has 1 aromatic carbocycles. The minimum Gasteiger partial charge on any atom is -0.355 e. The van der Waals surface area contributed by atoms with Crippen molar-refractivity contribution in [3.63, 3.8) is 0 Å². The molecule has 0 aliphatic rings. The number of rotatable bonds is 6. The van der Waals surface area contributed by atoms with Crippen LogP contribution in [0, 0.1) is 26.6 Å². The summed E-state index contributed by atoms with van der Waals surface area (Å²) in [6, 6.07) is 3.43. The van der Waals surface area contributed by atoms with E-state index in [1.807, 2.05) is 25.5 Å². The minimum absolute atomic E-state index is 0.120. The number of benzene rings is 1. The Morgan fingerprint density at radius 3 is 2.58 bits per heavy atom. The number of urea groups is 1. The van der Waals surface area contributed by atoms with Gasteiger partial charge in [-0.25, -0.2) is 9.18 Å². The molecule has 1 heterocycles. The van der Waals surface area contributed by atoms with Crippen LogP contribution in [0.15, 0.2) is 18.2 Å². The standard InChI is InChI=1S/C18H24FN5O2/c1-11-12(2)23-24(13(11)3)9-5-8-21-18(26)22-14-6-7-16(19)15(10-14)17(25)20-4/h6-7,10H,5,8-9H2,1-4H3,(H,20,25)(H2,21,22,26). The van der Waals surface area contributed by atoms with Gasteiger partial charge >= 0.3 is 6.03 Å². The van der Waals surface area contributed by atoms with E-state index in [-0.39, 0.29) is 5.56 Å². The van der Waals surface area contributed by atoms with Gasteiger partial charge in [0, 0.05) is 31.5 Å². The van der Waals surface area contributed by atoms with Gasteiger partial charge in [0.1, 0.15) is 5.82 Å². The third-order valence-electron chi connectivity index (χ3n) is 4.27. The van der Waals surface area contributed by atoms with Crippen LogP contribution in [0.25, 0.3) is 0 Å². The fraction of sp³-hybridized carbons (Fsp3) is 0.389. The molecule has 8 heteroatoms. The van der Waals surface area contributed by atoms with Gasteiger partial charge in [0.2, 0.25) is 0 Å². The zero-order valence-corrected chi connectivity index (χ0v) is 15.4. The molecule has 1 aromatic heterocycles. The average molecular weight is 361 g/mol. The summed E-state index contributed by atoms with van der Waals surface area (Å²) in [5.41, 5.74) is 3.54. The first-order chi connectivity index (χ1) is 12.3. The van der Waals surface area contributed by atoms with Crippen LogP contribution < -0.4 is 16.0 Å². The van der Waals surface area contributed by atoms with Gasteiger partial charge < -0.3 is 16.0 Å². The molecule has 3 N–H and O–H groups in total. The maximum absolute atomic E-state index is 13.6. The van der Waals surface area contributed by atoms with Crippen molar-refractivity contribution in [2.45, 2.75) is 33.7 Å². The number of carbonyl (C=O) groups is 2. The van der Waals surface area contributed by atoms with Crippen LogP contribution in [0.2, 0.25) is 0 Å². The van der Waals surface area contributed by atoms with E-state index >= 15 is 0 Å². The number of nitrogens with zero attached hydrogens (tertiary/aromatic N) is 2. The molecule has 0 aliphatic heterocycles. The lowest BCUT2D eigenvalue weighted by atomic mass is 10.1. The number of nitrogens with one attached hydrogen (secondary N) is 3. The number of hydrogen-bond donors (Lipinski definition) is 3. The van der Waals surface area contributed by atoms with Gasteiger partial charge in [-0.1, -0.05) is 0 Å². The molecule has 0 saturated carbocycles. The highest BCUT2D eigenvalue weighted by atomic mass is 19.1. The SMILES string of the molecule is CNC(=O)c1cc(NC(=O)NCCCn2nc(C)c(C)c2C)ccc1F. The molecule has 0 atom stereocenters. The fourth-order valence-corrected chi connectivity index (χ4v) is 2.52. The number of amides is 3. The van der Waals surface area contributed by atoms with Crippen molar-refractivity contribution in [3.8, 4) is 0 Å². The summed E-state index contributed by atoms with van der Waals surface area (Å²) in [6.45, 7) is 7.20. The van der Waals surface area contributed by atoms with Gasteiger partial charge in [-0.3, -0.25) is 9.48 Å². The van der Waals surface area contributed by atoms with Crippen LogP contribution in [0.5, 0.6) is 0 Å². The van der Waals surface area contributed by atoms with E-state index in [4.69, 9.17) is 0 Å². The van der Waals surface area contributed by atoms with Gasteiger partial charge in [0.25, 0.3) is 5.91 Å². The smallest absolute Gasteiger partial charge is 0.319 e. The Morgan fingerprint density at radius 2 is 1.96 bits per heavy atom. The zero-order valence-electron chi connectivity index (χ0n) is 15.4. The maximum atomic E-state index is 13.6. The molecule has 26 heavy (non-hydrogen) atoms. The molecule has 7 nitrogen and oxygen atoms in total. The lowest BCUT2D eigenvalue weighted by Gasteiger charge is -2.10. The Bertz CT molecular complexity index is 816. The fourth-order valence-electron chi connectivity index (χ4n) is 2.52. The molecule has 0 radical (unpaired) electrons. The molecule has 3 amide bonds. The van der Waals surface area contributed by atoms with E-state index in [1.54, 1.807) is 0 Å². The maximum Gasteiger partial charge on any atom is 0.319 e. The molecule has 2 aromatic rings. The predicted molar refractivity (Wildman–Crippen MR) is 97.9 cm³/mol. The van der Waals surface area contributed by atoms with Crippen molar-refractivity contribution in [1.82, 2.24) is 20.4 Å². The summed E-state index contributed by atoms with van der Waals surface area (Å²) in [4.78, 5) is 23.5. The largest absolute Gasteiger partial charge is 0.355 e. The van der Waals surface area contributed by atoms with Gasteiger partial charge in [0.05, 0.1) is 11.3 Å². The quantitative estimate of drug-likeness (QED) is 0.691. The lowest BCUT2D eigenvalue weighted by molar-refractivity contribution is 0.0959. The molecule has 2 rings (SSSR count). The highest BCUT2D eigenvalue weighted by Crippen LogP contribution is 2.15. The van der Waals surface area contributed by atoms with Crippen LogP contribution in [0.3, 0.4) is 0 Å². The van der Waals surface area contributed by atoms with E-state index in [0.29, 0.717) is 18.8 Å². The van der Waals surface area contributed by atoms with Crippen molar-refractivity contribution in [1.29, 1.82) is 0 Å². The Labute approximate surface area is 152 Å². The van der Waals surface area contributed by atoms with E-state index in [2.05, 4.69) is 21.0 Å².